The van der Waals surface area contributed by atoms with Gasteiger partial charge in [0.2, 0.25) is 0 Å². The average molecular weight is 375 g/mol. The lowest BCUT2D eigenvalue weighted by atomic mass is 10.0. The molecule has 0 unspecified atom stereocenters. The summed E-state index contributed by atoms with van der Waals surface area (Å²) in [5, 5.41) is 3.70. The molecule has 0 saturated heterocycles. The summed E-state index contributed by atoms with van der Waals surface area (Å²) in [6, 6.07) is 12.3. The van der Waals surface area contributed by atoms with Gasteiger partial charge in [-0.2, -0.15) is 0 Å². The first kappa shape index (κ1) is 17.3. The van der Waals surface area contributed by atoms with Crippen LogP contribution in [0.25, 0.3) is 5.57 Å². The van der Waals surface area contributed by atoms with Crippen LogP contribution in [0, 0.1) is 0 Å². The summed E-state index contributed by atoms with van der Waals surface area (Å²) < 4.78 is 0. The number of amides is 2. The molecule has 1 heterocycles. The molecule has 0 aromatic heterocycles. The van der Waals surface area contributed by atoms with Gasteiger partial charge < -0.3 is 11.1 Å². The third-order valence-corrected chi connectivity index (χ3v) is 4.58. The summed E-state index contributed by atoms with van der Waals surface area (Å²) in [6.45, 7) is 0. The van der Waals surface area contributed by atoms with Crippen molar-refractivity contribution in [3.63, 3.8) is 0 Å². The van der Waals surface area contributed by atoms with Gasteiger partial charge >= 0.3 is 6.03 Å². The smallest absolute Gasteiger partial charge is 0.326 e. The van der Waals surface area contributed by atoms with Crippen molar-refractivity contribution in [1.82, 2.24) is 0 Å². The second-order valence-electron chi connectivity index (χ2n) is 5.62. The van der Waals surface area contributed by atoms with Gasteiger partial charge in [-0.25, -0.2) is 9.79 Å². The third kappa shape index (κ3) is 3.95. The minimum absolute atomic E-state index is 0.285. The highest BCUT2D eigenvalue weighted by atomic mass is 35.5. The molecule has 3 N–H and O–H groups in total. The molecule has 0 radical (unpaired) electrons. The van der Waals surface area contributed by atoms with Gasteiger partial charge in [0, 0.05) is 31.0 Å². The molecule has 0 aliphatic carbocycles. The van der Waals surface area contributed by atoms with Gasteiger partial charge in [0.25, 0.3) is 0 Å². The number of halogens is 2. The lowest BCUT2D eigenvalue weighted by molar-refractivity contribution is 0.258. The van der Waals surface area contributed by atoms with Crippen LogP contribution in [0.3, 0.4) is 0 Å². The van der Waals surface area contributed by atoms with Crippen molar-refractivity contribution in [3.05, 3.63) is 64.3 Å². The van der Waals surface area contributed by atoms with Crippen LogP contribution in [0.2, 0.25) is 10.0 Å². The Labute approximate surface area is 155 Å². The van der Waals surface area contributed by atoms with E-state index >= 15 is 0 Å². The summed E-state index contributed by atoms with van der Waals surface area (Å²) in [4.78, 5) is 18.0. The van der Waals surface area contributed by atoms with Gasteiger partial charge in [-0.05, 0) is 41.5 Å². The quantitative estimate of drug-likeness (QED) is 0.812. The van der Waals surface area contributed by atoms with Crippen molar-refractivity contribution in [3.8, 4) is 0 Å². The van der Waals surface area contributed by atoms with Crippen LogP contribution in [0.5, 0.6) is 0 Å². The Hall–Kier alpha value is -2.50. The Morgan fingerprint density at radius 3 is 2.68 bits per heavy atom. The predicted molar refractivity (Wildman–Crippen MR) is 105 cm³/mol. The van der Waals surface area contributed by atoms with Crippen LogP contribution in [0.4, 0.5) is 16.2 Å². The van der Waals surface area contributed by atoms with Crippen molar-refractivity contribution in [2.45, 2.75) is 6.42 Å². The number of anilines is 2. The van der Waals surface area contributed by atoms with Crippen LogP contribution < -0.4 is 16.0 Å². The van der Waals surface area contributed by atoms with Crippen molar-refractivity contribution in [2.24, 2.45) is 10.7 Å². The Morgan fingerprint density at radius 1 is 1.20 bits per heavy atom. The monoisotopic (exact) mass is 374 g/mol. The zero-order valence-electron chi connectivity index (χ0n) is 13.5. The highest BCUT2D eigenvalue weighted by molar-refractivity contribution is 6.42. The molecule has 2 aromatic carbocycles. The highest BCUT2D eigenvalue weighted by Gasteiger charge is 2.14. The fraction of sp³-hybridized carbons (Fsp3) is 0.111. The first-order chi connectivity index (χ1) is 11.9. The number of hydrogen-bond acceptors (Lipinski definition) is 3. The molecule has 0 fully saturated rings. The number of nitrogens with zero attached hydrogens (tertiary/aromatic N) is 2. The molecule has 3 rings (SSSR count). The molecular weight excluding hydrogens is 359 g/mol. The fourth-order valence-corrected chi connectivity index (χ4v) is 2.73. The van der Waals surface area contributed by atoms with Gasteiger partial charge in [-0.1, -0.05) is 35.3 Å². The zero-order valence-corrected chi connectivity index (χ0v) is 15.0. The second-order valence-corrected chi connectivity index (χ2v) is 6.43. The molecule has 2 amide bonds. The fourth-order valence-electron chi connectivity index (χ4n) is 2.44. The Morgan fingerprint density at radius 2 is 2.00 bits per heavy atom. The summed E-state index contributed by atoms with van der Waals surface area (Å²) in [6.07, 6.45) is 2.36. The number of hydrogen-bond donors (Lipinski definition) is 2. The van der Waals surface area contributed by atoms with E-state index in [1.807, 2.05) is 24.3 Å². The van der Waals surface area contributed by atoms with Crippen LogP contribution >= 0.6 is 23.2 Å². The molecule has 1 aliphatic rings. The molecule has 128 valence electrons. The number of nitrogens with two attached hydrogens (primary N) is 1. The SMILES string of the molecule is CN(C(=O)Nc1cccc(C2=CN=C(N)C2)c1)c1ccc(Cl)c(Cl)c1. The van der Waals surface area contributed by atoms with Crippen molar-refractivity contribution >= 4 is 52.0 Å². The van der Waals surface area contributed by atoms with Crippen LogP contribution in [0.15, 0.2) is 53.7 Å². The maximum Gasteiger partial charge on any atom is 0.326 e. The van der Waals surface area contributed by atoms with Crippen LogP contribution in [0.1, 0.15) is 12.0 Å². The zero-order chi connectivity index (χ0) is 18.0. The normalized spacial score (nSPS) is 13.2. The first-order valence-electron chi connectivity index (χ1n) is 7.55. The first-order valence-corrected chi connectivity index (χ1v) is 8.31. The number of carbonyl (C=O) groups is 1. The Kier molecular flexibility index (Phi) is 4.97. The highest BCUT2D eigenvalue weighted by Crippen LogP contribution is 2.28. The standard InChI is InChI=1S/C18H16Cl2N4O/c1-24(14-5-6-15(19)16(20)9-14)18(25)23-13-4-2-3-11(7-13)12-8-17(21)22-10-12/h2-7,9-10H,8H2,1H3,(H2,21,22)(H,23,25). The number of rotatable bonds is 3. The minimum atomic E-state index is -0.285. The van der Waals surface area contributed by atoms with E-state index in [0.29, 0.717) is 33.7 Å². The van der Waals surface area contributed by atoms with Crippen LogP contribution in [-0.4, -0.2) is 18.9 Å². The lowest BCUT2D eigenvalue weighted by Crippen LogP contribution is -2.31. The van der Waals surface area contributed by atoms with E-state index in [0.717, 1.165) is 11.1 Å². The largest absolute Gasteiger partial charge is 0.387 e. The predicted octanol–water partition coefficient (Wildman–Crippen LogP) is 4.76. The maximum absolute atomic E-state index is 12.5. The Bertz CT molecular complexity index is 892. The summed E-state index contributed by atoms with van der Waals surface area (Å²) in [7, 11) is 1.66. The number of carbonyl (C=O) groups excluding carboxylic acids is 1. The summed E-state index contributed by atoms with van der Waals surface area (Å²) >= 11 is 11.9. The molecule has 25 heavy (non-hydrogen) atoms. The molecule has 2 aromatic rings. The molecule has 1 aliphatic heterocycles. The van der Waals surface area contributed by atoms with E-state index in [1.54, 1.807) is 31.4 Å². The average Bonchev–Trinajstić information content (AvgIpc) is 3.03. The van der Waals surface area contributed by atoms with E-state index in [2.05, 4.69) is 10.3 Å². The number of urea groups is 1. The molecular formula is C18H16Cl2N4O. The molecule has 7 heteroatoms. The van der Waals surface area contributed by atoms with Gasteiger partial charge in [-0.3, -0.25) is 4.90 Å². The maximum atomic E-state index is 12.5. The van der Waals surface area contributed by atoms with Crippen LogP contribution in [-0.2, 0) is 0 Å². The molecule has 0 spiro atoms. The van der Waals surface area contributed by atoms with E-state index in [4.69, 9.17) is 28.9 Å². The lowest BCUT2D eigenvalue weighted by Gasteiger charge is -2.19. The van der Waals surface area contributed by atoms with Gasteiger partial charge in [-0.15, -0.1) is 0 Å². The Balaban J connectivity index is 1.73. The number of benzene rings is 2. The molecule has 0 saturated carbocycles. The third-order valence-electron chi connectivity index (χ3n) is 3.84. The van der Waals surface area contributed by atoms with Gasteiger partial charge in [0.1, 0.15) is 5.84 Å². The molecule has 0 atom stereocenters. The van der Waals surface area contributed by atoms with Gasteiger partial charge in [0.05, 0.1) is 10.0 Å². The van der Waals surface area contributed by atoms with E-state index < -0.39 is 0 Å². The second kappa shape index (κ2) is 7.17. The summed E-state index contributed by atoms with van der Waals surface area (Å²) in [5.41, 5.74) is 9.02. The van der Waals surface area contributed by atoms with Crippen molar-refractivity contribution in [2.75, 3.05) is 17.3 Å². The number of amidine groups is 1. The van der Waals surface area contributed by atoms with Crippen molar-refractivity contribution < 1.29 is 4.79 Å². The topological polar surface area (TPSA) is 70.7 Å². The number of nitrogens with one attached hydrogen (secondary N) is 1. The van der Waals surface area contributed by atoms with Gasteiger partial charge in [0.15, 0.2) is 0 Å². The van der Waals surface area contributed by atoms with Crippen molar-refractivity contribution in [1.29, 1.82) is 0 Å². The molecule has 5 nitrogen and oxygen atoms in total. The molecule has 0 bridgehead atoms. The van der Waals surface area contributed by atoms with E-state index in [9.17, 15) is 4.79 Å². The van der Waals surface area contributed by atoms with E-state index in [1.165, 1.54) is 4.90 Å². The van der Waals surface area contributed by atoms with E-state index in [-0.39, 0.29) is 6.03 Å². The number of aliphatic imine (C=N–C) groups is 1. The summed E-state index contributed by atoms with van der Waals surface area (Å²) in [5.74, 6) is 0.587. The minimum Gasteiger partial charge on any atom is -0.387 e.